The van der Waals surface area contributed by atoms with Crippen molar-refractivity contribution in [2.75, 3.05) is 0 Å². The summed E-state index contributed by atoms with van der Waals surface area (Å²) in [5, 5.41) is 11.1. The van der Waals surface area contributed by atoms with Gasteiger partial charge in [0.25, 0.3) is 5.69 Å². The number of aryl methyl sites for hydroxylation is 1. The lowest BCUT2D eigenvalue weighted by Crippen LogP contribution is -1.88. The lowest BCUT2D eigenvalue weighted by molar-refractivity contribution is -0.384. The molecule has 1 heterocycles. The Labute approximate surface area is 78.8 Å². The van der Waals surface area contributed by atoms with Crippen LogP contribution < -0.4 is 0 Å². The summed E-state index contributed by atoms with van der Waals surface area (Å²) in [5.41, 5.74) is 0.418. The molecule has 0 atom stereocenters. The van der Waals surface area contributed by atoms with E-state index in [0.717, 1.165) is 4.57 Å². The molecule has 0 radical (unpaired) electrons. The third kappa shape index (κ3) is 1.16. The molecule has 0 saturated heterocycles. The number of fused-ring (bicyclic) bond motifs is 1. The van der Waals surface area contributed by atoms with Crippen molar-refractivity contribution in [2.24, 2.45) is 6.98 Å². The highest BCUT2D eigenvalue weighted by molar-refractivity contribution is 5.82. The van der Waals surface area contributed by atoms with E-state index in [1.165, 1.54) is 24.4 Å². The largest absolute Gasteiger partial charge is 0.351 e. The number of hydrogen-bond donors (Lipinski definition) is 0. The first-order chi connectivity index (χ1) is 7.39. The quantitative estimate of drug-likeness (QED) is 0.497. The zero-order chi connectivity index (χ0) is 11.9. The predicted molar refractivity (Wildman–Crippen MR) is 49.6 cm³/mol. The lowest BCUT2D eigenvalue weighted by atomic mass is 10.2. The van der Waals surface area contributed by atoms with Crippen LogP contribution in [0.3, 0.4) is 0 Å². The van der Waals surface area contributed by atoms with Crippen LogP contribution >= 0.6 is 0 Å². The maximum atomic E-state index is 10.5. The average Bonchev–Trinajstić information content (AvgIpc) is 2.58. The summed E-state index contributed by atoms with van der Waals surface area (Å²) in [5.74, 6) is 0. The first kappa shape index (κ1) is 5.01. The molecule has 1 aromatic carbocycles. The van der Waals surface area contributed by atoms with Gasteiger partial charge in [-0.25, -0.2) is 0 Å². The number of aromatic nitrogens is 1. The van der Waals surface area contributed by atoms with Crippen molar-refractivity contribution in [3.63, 3.8) is 0 Å². The van der Waals surface area contributed by atoms with Crippen molar-refractivity contribution in [3.05, 3.63) is 40.6 Å². The molecule has 0 fully saturated rings. The Kier molecular flexibility index (Phi) is 0.997. The van der Waals surface area contributed by atoms with E-state index in [2.05, 4.69) is 0 Å². The van der Waals surface area contributed by atoms with Gasteiger partial charge in [-0.15, -0.1) is 0 Å². The lowest BCUT2D eigenvalue weighted by Gasteiger charge is -1.95. The fourth-order valence-electron chi connectivity index (χ4n) is 1.24. The fraction of sp³-hybridized carbons (Fsp3) is 0.111. The van der Waals surface area contributed by atoms with Gasteiger partial charge in [-0.2, -0.15) is 0 Å². The molecular weight excluding hydrogens is 168 g/mol. The van der Waals surface area contributed by atoms with Crippen LogP contribution in [0, 0.1) is 10.1 Å². The van der Waals surface area contributed by atoms with E-state index < -0.39 is 11.9 Å². The molecular formula is C9H8N2O2. The van der Waals surface area contributed by atoms with E-state index in [9.17, 15) is 10.1 Å². The minimum Gasteiger partial charge on any atom is -0.351 e. The van der Waals surface area contributed by atoms with Crippen molar-refractivity contribution >= 4 is 16.6 Å². The fourth-order valence-corrected chi connectivity index (χ4v) is 1.24. The summed E-state index contributed by atoms with van der Waals surface area (Å²) in [6, 6.07) is 5.65. The maximum absolute atomic E-state index is 10.5. The summed E-state index contributed by atoms with van der Waals surface area (Å²) < 4.78 is 22.9. The molecule has 4 nitrogen and oxygen atoms in total. The smallest absolute Gasteiger partial charge is 0.270 e. The van der Waals surface area contributed by atoms with E-state index in [4.69, 9.17) is 4.11 Å². The minimum absolute atomic E-state index is 0.0456. The molecule has 0 N–H and O–H groups in total. The zero-order valence-corrected chi connectivity index (χ0v) is 6.60. The van der Waals surface area contributed by atoms with Crippen LogP contribution in [-0.4, -0.2) is 9.49 Å². The highest BCUT2D eigenvalue weighted by Crippen LogP contribution is 2.20. The molecule has 0 bridgehead atoms. The Morgan fingerprint density at radius 1 is 1.54 bits per heavy atom. The summed E-state index contributed by atoms with van der Waals surface area (Å²) in [7, 11) is 0. The van der Waals surface area contributed by atoms with E-state index in [1.54, 1.807) is 6.07 Å². The van der Waals surface area contributed by atoms with Crippen LogP contribution in [0.5, 0.6) is 0 Å². The third-order valence-electron chi connectivity index (χ3n) is 1.88. The second-order valence-corrected chi connectivity index (χ2v) is 2.69. The van der Waals surface area contributed by atoms with E-state index >= 15 is 0 Å². The molecule has 0 unspecified atom stereocenters. The maximum Gasteiger partial charge on any atom is 0.270 e. The molecule has 13 heavy (non-hydrogen) atoms. The molecule has 0 aliphatic carbocycles. The SMILES string of the molecule is [2H]C([2H])([2H])n1ccc2cc([N+](=O)[O-])ccc21. The average molecular weight is 179 g/mol. The summed E-state index contributed by atoms with van der Waals surface area (Å²) in [4.78, 5) is 10.0. The van der Waals surface area contributed by atoms with Crippen molar-refractivity contribution in [3.8, 4) is 0 Å². The standard InChI is InChI=1S/C9H8N2O2/c1-10-5-4-7-6-8(11(12)13)2-3-9(7)10/h2-6H,1H3/i1D3. The van der Waals surface area contributed by atoms with Crippen molar-refractivity contribution in [1.82, 2.24) is 4.57 Å². The molecule has 0 amide bonds. The highest BCUT2D eigenvalue weighted by Gasteiger charge is 2.06. The molecule has 66 valence electrons. The van der Waals surface area contributed by atoms with Gasteiger partial charge in [0.15, 0.2) is 0 Å². The number of nitro benzene ring substituents is 1. The van der Waals surface area contributed by atoms with Crippen LogP contribution in [0.1, 0.15) is 4.11 Å². The third-order valence-corrected chi connectivity index (χ3v) is 1.88. The van der Waals surface area contributed by atoms with Gasteiger partial charge in [0.1, 0.15) is 0 Å². The van der Waals surface area contributed by atoms with Gasteiger partial charge in [-0.3, -0.25) is 10.1 Å². The molecule has 0 aliphatic rings. The van der Waals surface area contributed by atoms with Crippen LogP contribution in [0.25, 0.3) is 10.9 Å². The summed E-state index contributed by atoms with van der Waals surface area (Å²) in [6.45, 7) is -2.27. The van der Waals surface area contributed by atoms with Crippen LogP contribution in [0.15, 0.2) is 30.5 Å². The summed E-state index contributed by atoms with van der Waals surface area (Å²) in [6.07, 6.45) is 1.40. The summed E-state index contributed by atoms with van der Waals surface area (Å²) >= 11 is 0. The number of benzene rings is 1. The van der Waals surface area contributed by atoms with Gasteiger partial charge in [0.05, 0.1) is 4.92 Å². The van der Waals surface area contributed by atoms with Gasteiger partial charge < -0.3 is 4.57 Å². The second-order valence-electron chi connectivity index (χ2n) is 2.69. The first-order valence-corrected chi connectivity index (χ1v) is 3.65. The van der Waals surface area contributed by atoms with Crippen LogP contribution in [0.4, 0.5) is 5.69 Å². The van der Waals surface area contributed by atoms with Gasteiger partial charge >= 0.3 is 0 Å². The Morgan fingerprint density at radius 3 is 3.08 bits per heavy atom. The Morgan fingerprint density at radius 2 is 2.38 bits per heavy atom. The van der Waals surface area contributed by atoms with E-state index in [0.29, 0.717) is 10.9 Å². The topological polar surface area (TPSA) is 48.1 Å². The highest BCUT2D eigenvalue weighted by atomic mass is 16.6. The Balaban J connectivity index is 2.64. The van der Waals surface area contributed by atoms with Gasteiger partial charge in [-0.05, 0) is 12.1 Å². The zero-order valence-electron chi connectivity index (χ0n) is 9.60. The van der Waals surface area contributed by atoms with Crippen molar-refractivity contribution in [1.29, 1.82) is 0 Å². The number of hydrogen-bond acceptors (Lipinski definition) is 2. The van der Waals surface area contributed by atoms with Crippen LogP contribution in [0.2, 0.25) is 0 Å². The molecule has 0 saturated carbocycles. The van der Waals surface area contributed by atoms with E-state index in [-0.39, 0.29) is 5.69 Å². The molecule has 4 heteroatoms. The minimum atomic E-state index is -2.27. The molecule has 0 aliphatic heterocycles. The van der Waals surface area contributed by atoms with Gasteiger partial charge in [-0.1, -0.05) is 0 Å². The number of non-ortho nitro benzene ring substituents is 1. The van der Waals surface area contributed by atoms with E-state index in [1.807, 2.05) is 0 Å². The van der Waals surface area contributed by atoms with Crippen molar-refractivity contribution in [2.45, 2.75) is 0 Å². The first-order valence-electron chi connectivity index (χ1n) is 5.15. The molecule has 0 spiro atoms. The second kappa shape index (κ2) is 2.58. The van der Waals surface area contributed by atoms with Crippen LogP contribution in [-0.2, 0) is 6.98 Å². The van der Waals surface area contributed by atoms with Crippen molar-refractivity contribution < 1.29 is 9.04 Å². The monoisotopic (exact) mass is 179 g/mol. The predicted octanol–water partition coefficient (Wildman–Crippen LogP) is 2.09. The molecule has 2 aromatic rings. The molecule has 1 aromatic heterocycles. The van der Waals surface area contributed by atoms with Gasteiger partial charge in [0, 0.05) is 40.3 Å². The number of rotatable bonds is 1. The number of nitrogens with zero attached hydrogens (tertiary/aromatic N) is 2. The normalized spacial score (nSPS) is 14.9. The molecule has 2 rings (SSSR count). The Hall–Kier alpha value is -1.84. The van der Waals surface area contributed by atoms with Gasteiger partial charge in [0.2, 0.25) is 0 Å². The number of nitro groups is 1. The Bertz CT molecular complexity index is 559.